The lowest BCUT2D eigenvalue weighted by Crippen LogP contribution is -2.42. The third-order valence-corrected chi connectivity index (χ3v) is 6.10. The monoisotopic (exact) mass is 411 g/mol. The van der Waals surface area contributed by atoms with E-state index >= 15 is 0 Å². The number of hydrogen-bond acceptors (Lipinski definition) is 5. The number of methoxy groups -OCH3 is 1. The van der Waals surface area contributed by atoms with Crippen molar-refractivity contribution in [3.8, 4) is 5.75 Å². The van der Waals surface area contributed by atoms with Crippen molar-refractivity contribution in [2.75, 3.05) is 34.3 Å². The number of nitrogens with zero attached hydrogens (tertiary/aromatic N) is 2. The third-order valence-electron chi connectivity index (χ3n) is 3.98. The Kier molecular flexibility index (Phi) is 7.52. The Morgan fingerprint density at radius 2 is 1.88 bits per heavy atom. The number of nitrogens with two attached hydrogens (primary N) is 1. The summed E-state index contributed by atoms with van der Waals surface area (Å²) in [5.41, 5.74) is 5.95. The maximum absolute atomic E-state index is 13.0. The molecule has 1 aliphatic heterocycles. The standard InChI is InChI=1S/C15H22ClN3O4S.ClH/c1-18(2)15(20)12-8-10(16)9-13(14(12)23-3)24(21,22)19-6-4-11(17)5-7-19;/h8-9,11H,4-7,17H2,1-3H3;1H. The largest absolute Gasteiger partial charge is 0.494 e. The van der Waals surface area contributed by atoms with Crippen molar-refractivity contribution in [3.63, 3.8) is 0 Å². The number of halogens is 2. The van der Waals surface area contributed by atoms with Gasteiger partial charge >= 0.3 is 0 Å². The quantitative estimate of drug-likeness (QED) is 0.811. The highest BCUT2D eigenvalue weighted by Crippen LogP contribution is 2.35. The van der Waals surface area contributed by atoms with Crippen LogP contribution in [0.5, 0.6) is 5.75 Å². The van der Waals surface area contributed by atoms with Crippen LogP contribution in [0.15, 0.2) is 17.0 Å². The lowest BCUT2D eigenvalue weighted by atomic mass is 10.1. The van der Waals surface area contributed by atoms with Crippen LogP contribution >= 0.6 is 24.0 Å². The molecule has 0 saturated carbocycles. The van der Waals surface area contributed by atoms with Crippen molar-refractivity contribution in [1.82, 2.24) is 9.21 Å². The molecule has 2 N–H and O–H groups in total. The predicted octanol–water partition coefficient (Wildman–Crippen LogP) is 1.58. The van der Waals surface area contributed by atoms with Gasteiger partial charge in [0.1, 0.15) is 4.90 Å². The number of rotatable bonds is 4. The average molecular weight is 412 g/mol. The van der Waals surface area contributed by atoms with Gasteiger partial charge in [0.15, 0.2) is 5.75 Å². The van der Waals surface area contributed by atoms with Crippen LogP contribution in [0.4, 0.5) is 0 Å². The van der Waals surface area contributed by atoms with Crippen LogP contribution < -0.4 is 10.5 Å². The second-order valence-electron chi connectivity index (χ2n) is 5.93. The van der Waals surface area contributed by atoms with Crippen LogP contribution in [0.1, 0.15) is 23.2 Å². The summed E-state index contributed by atoms with van der Waals surface area (Å²) in [4.78, 5) is 13.6. The highest BCUT2D eigenvalue weighted by molar-refractivity contribution is 7.89. The van der Waals surface area contributed by atoms with Crippen LogP contribution in [0.2, 0.25) is 5.02 Å². The first-order chi connectivity index (χ1) is 11.2. The van der Waals surface area contributed by atoms with Crippen LogP contribution in [-0.4, -0.2) is 63.9 Å². The number of amides is 1. The molecular weight excluding hydrogens is 389 g/mol. The molecule has 1 aromatic carbocycles. The first kappa shape index (κ1) is 22.0. The van der Waals surface area contributed by atoms with Gasteiger partial charge in [-0.2, -0.15) is 4.31 Å². The third kappa shape index (κ3) is 4.57. The van der Waals surface area contributed by atoms with Gasteiger partial charge in [0.05, 0.1) is 12.7 Å². The molecule has 1 aromatic rings. The van der Waals surface area contributed by atoms with Crippen LogP contribution in [0.25, 0.3) is 0 Å². The second kappa shape index (κ2) is 8.55. The first-order valence-electron chi connectivity index (χ1n) is 7.53. The van der Waals surface area contributed by atoms with Gasteiger partial charge in [-0.3, -0.25) is 4.79 Å². The number of piperidine rings is 1. The van der Waals surface area contributed by atoms with E-state index in [1.807, 2.05) is 0 Å². The fourth-order valence-corrected chi connectivity index (χ4v) is 4.58. The Balaban J connectivity index is 0.00000312. The number of carbonyl (C=O) groups is 1. The highest BCUT2D eigenvalue weighted by Gasteiger charge is 2.33. The summed E-state index contributed by atoms with van der Waals surface area (Å²) in [5, 5.41) is 0.160. The van der Waals surface area contributed by atoms with Crippen molar-refractivity contribution in [3.05, 3.63) is 22.7 Å². The molecule has 0 unspecified atom stereocenters. The molecule has 0 aliphatic carbocycles. The Morgan fingerprint density at radius 1 is 1.32 bits per heavy atom. The van der Waals surface area contributed by atoms with E-state index in [9.17, 15) is 13.2 Å². The van der Waals surface area contributed by atoms with Crippen molar-refractivity contribution in [2.45, 2.75) is 23.8 Å². The van der Waals surface area contributed by atoms with Gasteiger partial charge in [0.25, 0.3) is 5.91 Å². The first-order valence-corrected chi connectivity index (χ1v) is 9.35. The van der Waals surface area contributed by atoms with E-state index in [2.05, 4.69) is 0 Å². The Labute approximate surface area is 159 Å². The van der Waals surface area contributed by atoms with Gasteiger partial charge in [0.2, 0.25) is 10.0 Å². The molecule has 142 valence electrons. The topological polar surface area (TPSA) is 92.9 Å². The van der Waals surface area contributed by atoms with E-state index in [0.29, 0.717) is 25.9 Å². The van der Waals surface area contributed by atoms with Crippen LogP contribution in [0.3, 0.4) is 0 Å². The Bertz CT molecular complexity index is 733. The average Bonchev–Trinajstić information content (AvgIpc) is 2.53. The zero-order valence-electron chi connectivity index (χ0n) is 14.4. The van der Waals surface area contributed by atoms with E-state index in [-0.39, 0.29) is 45.6 Å². The molecular formula is C15H23Cl2N3O4S. The lowest BCUT2D eigenvalue weighted by Gasteiger charge is -2.30. The smallest absolute Gasteiger partial charge is 0.257 e. The highest BCUT2D eigenvalue weighted by atomic mass is 35.5. The summed E-state index contributed by atoms with van der Waals surface area (Å²) in [6.07, 6.45) is 1.18. The minimum atomic E-state index is -3.83. The molecule has 0 radical (unpaired) electrons. The van der Waals surface area contributed by atoms with E-state index in [0.717, 1.165) is 0 Å². The maximum Gasteiger partial charge on any atom is 0.257 e. The summed E-state index contributed by atoms with van der Waals surface area (Å²) in [7, 11) is 0.644. The number of sulfonamides is 1. The zero-order chi connectivity index (χ0) is 18.1. The van der Waals surface area contributed by atoms with Gasteiger partial charge in [-0.1, -0.05) is 11.6 Å². The SMILES string of the molecule is COc1c(C(=O)N(C)C)cc(Cl)cc1S(=O)(=O)N1CCC(N)CC1.Cl. The summed E-state index contributed by atoms with van der Waals surface area (Å²) in [6.45, 7) is 0.659. The number of carbonyl (C=O) groups excluding carboxylic acids is 1. The molecule has 1 aliphatic rings. The summed E-state index contributed by atoms with van der Waals surface area (Å²) in [5.74, 6) is -0.376. The number of ether oxygens (including phenoxy) is 1. The van der Waals surface area contributed by atoms with E-state index in [1.54, 1.807) is 14.1 Å². The van der Waals surface area contributed by atoms with Crippen molar-refractivity contribution < 1.29 is 17.9 Å². The summed E-state index contributed by atoms with van der Waals surface area (Å²) in [6, 6.07) is 2.73. The fraction of sp³-hybridized carbons (Fsp3) is 0.533. The number of benzene rings is 1. The van der Waals surface area contributed by atoms with Crippen molar-refractivity contribution >= 4 is 39.9 Å². The molecule has 1 heterocycles. The summed E-state index contributed by atoms with van der Waals surface area (Å²) < 4.78 is 32.6. The molecule has 1 saturated heterocycles. The van der Waals surface area contributed by atoms with Gasteiger partial charge < -0.3 is 15.4 Å². The molecule has 10 heteroatoms. The van der Waals surface area contributed by atoms with E-state index in [1.165, 1.54) is 28.4 Å². The van der Waals surface area contributed by atoms with Gasteiger partial charge in [0, 0.05) is 38.2 Å². The number of hydrogen-bond donors (Lipinski definition) is 1. The van der Waals surface area contributed by atoms with Gasteiger partial charge in [-0.25, -0.2) is 8.42 Å². The molecule has 0 spiro atoms. The lowest BCUT2D eigenvalue weighted by molar-refractivity contribution is 0.0823. The molecule has 2 rings (SSSR count). The normalized spacial score (nSPS) is 16.2. The molecule has 1 amide bonds. The van der Waals surface area contributed by atoms with Gasteiger partial charge in [-0.05, 0) is 25.0 Å². The molecule has 0 bridgehead atoms. The fourth-order valence-electron chi connectivity index (χ4n) is 2.63. The Hall–Kier alpha value is -1.06. The van der Waals surface area contributed by atoms with E-state index < -0.39 is 10.0 Å². The molecule has 0 atom stereocenters. The molecule has 1 fully saturated rings. The minimum absolute atomic E-state index is 0. The van der Waals surface area contributed by atoms with Gasteiger partial charge in [-0.15, -0.1) is 12.4 Å². The van der Waals surface area contributed by atoms with Crippen molar-refractivity contribution in [2.24, 2.45) is 5.73 Å². The van der Waals surface area contributed by atoms with Crippen LogP contribution in [0, 0.1) is 0 Å². The predicted molar refractivity (Wildman–Crippen MR) is 99.2 cm³/mol. The van der Waals surface area contributed by atoms with Crippen LogP contribution in [-0.2, 0) is 10.0 Å². The van der Waals surface area contributed by atoms with Crippen molar-refractivity contribution in [1.29, 1.82) is 0 Å². The Morgan fingerprint density at radius 3 is 2.36 bits per heavy atom. The minimum Gasteiger partial charge on any atom is -0.494 e. The second-order valence-corrected chi connectivity index (χ2v) is 8.27. The maximum atomic E-state index is 13.0. The molecule has 0 aromatic heterocycles. The molecule has 25 heavy (non-hydrogen) atoms. The molecule has 7 nitrogen and oxygen atoms in total. The summed E-state index contributed by atoms with van der Waals surface area (Å²) >= 11 is 6.07. The van der Waals surface area contributed by atoms with E-state index in [4.69, 9.17) is 22.1 Å². The zero-order valence-corrected chi connectivity index (χ0v) is 16.7.